The van der Waals surface area contributed by atoms with E-state index in [1.165, 1.54) is 0 Å². The van der Waals surface area contributed by atoms with Gasteiger partial charge in [-0.25, -0.2) is 0 Å². The van der Waals surface area contributed by atoms with Crippen molar-refractivity contribution in [2.24, 2.45) is 0 Å². The number of benzene rings is 2. The number of nitrogens with zero attached hydrogens (tertiary/aromatic N) is 2. The van der Waals surface area contributed by atoms with Crippen LogP contribution in [-0.4, -0.2) is 30.1 Å². The number of ether oxygens (including phenoxy) is 2. The fourth-order valence-electron chi connectivity index (χ4n) is 3.43. The van der Waals surface area contributed by atoms with Crippen LogP contribution < -0.4 is 4.74 Å². The summed E-state index contributed by atoms with van der Waals surface area (Å²) in [5.74, 6) is 1.23. The van der Waals surface area contributed by atoms with E-state index in [1.807, 2.05) is 30.3 Å². The summed E-state index contributed by atoms with van der Waals surface area (Å²) in [7, 11) is 0. The van der Waals surface area contributed by atoms with Gasteiger partial charge in [0.25, 0.3) is 5.91 Å². The van der Waals surface area contributed by atoms with E-state index in [-0.39, 0.29) is 12.0 Å². The Balaban J connectivity index is 1.60. The molecule has 2 aliphatic heterocycles. The van der Waals surface area contributed by atoms with E-state index in [2.05, 4.69) is 6.07 Å². The number of para-hydroxylation sites is 1. The zero-order valence-electron chi connectivity index (χ0n) is 13.7. The van der Waals surface area contributed by atoms with Crippen molar-refractivity contribution in [2.45, 2.75) is 25.0 Å². The Hall–Kier alpha value is -2.84. The summed E-state index contributed by atoms with van der Waals surface area (Å²) in [5, 5.41) is 9.63. The SMILES string of the molecule is N#CC1c2cc(Oc3ccccc3)ccc2C(=O)N1CC1CCCO1. The third kappa shape index (κ3) is 2.97. The van der Waals surface area contributed by atoms with Gasteiger partial charge in [-0.05, 0) is 43.2 Å². The minimum absolute atomic E-state index is 0.0224. The lowest BCUT2D eigenvalue weighted by molar-refractivity contribution is 0.0511. The van der Waals surface area contributed by atoms with Crippen molar-refractivity contribution in [1.82, 2.24) is 4.90 Å². The molecule has 2 aromatic carbocycles. The topological polar surface area (TPSA) is 62.6 Å². The molecule has 0 aliphatic carbocycles. The van der Waals surface area contributed by atoms with Crippen molar-refractivity contribution < 1.29 is 14.3 Å². The third-order valence-electron chi connectivity index (χ3n) is 4.65. The summed E-state index contributed by atoms with van der Waals surface area (Å²) in [6.45, 7) is 1.19. The highest BCUT2D eigenvalue weighted by atomic mass is 16.5. The molecule has 25 heavy (non-hydrogen) atoms. The zero-order valence-corrected chi connectivity index (χ0v) is 13.7. The van der Waals surface area contributed by atoms with Gasteiger partial charge in [0.15, 0.2) is 0 Å². The molecule has 2 aromatic rings. The lowest BCUT2D eigenvalue weighted by Crippen LogP contribution is -2.34. The highest BCUT2D eigenvalue weighted by molar-refractivity contribution is 6.00. The summed E-state index contributed by atoms with van der Waals surface area (Å²) in [4.78, 5) is 14.3. The molecule has 0 spiro atoms. The molecule has 2 heterocycles. The standard InChI is InChI=1S/C20H18N2O3/c21-12-19-18-11-15(25-14-5-2-1-3-6-14)8-9-17(18)20(23)22(19)13-16-7-4-10-24-16/h1-3,5-6,8-9,11,16,19H,4,7,10,13H2. The van der Waals surface area contributed by atoms with E-state index in [0.717, 1.165) is 25.2 Å². The molecule has 1 fully saturated rings. The molecule has 0 N–H and O–H groups in total. The molecule has 0 aromatic heterocycles. The van der Waals surface area contributed by atoms with Gasteiger partial charge < -0.3 is 14.4 Å². The second-order valence-electron chi connectivity index (χ2n) is 6.29. The number of nitriles is 1. The molecule has 0 saturated carbocycles. The second-order valence-corrected chi connectivity index (χ2v) is 6.29. The first-order valence-electron chi connectivity index (χ1n) is 8.45. The van der Waals surface area contributed by atoms with E-state index >= 15 is 0 Å². The number of hydrogen-bond donors (Lipinski definition) is 0. The Morgan fingerprint density at radius 2 is 2.04 bits per heavy atom. The Kier molecular flexibility index (Phi) is 4.12. The Morgan fingerprint density at radius 1 is 1.20 bits per heavy atom. The fourth-order valence-corrected chi connectivity index (χ4v) is 3.43. The second kappa shape index (κ2) is 6.58. The normalized spacial score (nSPS) is 21.9. The van der Waals surface area contributed by atoms with Crippen LogP contribution in [0.4, 0.5) is 0 Å². The van der Waals surface area contributed by atoms with E-state index in [4.69, 9.17) is 9.47 Å². The third-order valence-corrected chi connectivity index (χ3v) is 4.65. The van der Waals surface area contributed by atoms with Crippen LogP contribution in [0, 0.1) is 11.3 Å². The molecule has 0 radical (unpaired) electrons. The molecule has 5 heteroatoms. The maximum atomic E-state index is 12.7. The monoisotopic (exact) mass is 334 g/mol. The molecule has 1 amide bonds. The number of hydrogen-bond acceptors (Lipinski definition) is 4. The number of rotatable bonds is 4. The van der Waals surface area contributed by atoms with Crippen LogP contribution in [0.15, 0.2) is 48.5 Å². The molecule has 2 atom stereocenters. The Morgan fingerprint density at radius 3 is 2.76 bits per heavy atom. The van der Waals surface area contributed by atoms with Gasteiger partial charge in [0, 0.05) is 24.3 Å². The lowest BCUT2D eigenvalue weighted by Gasteiger charge is -2.23. The fraction of sp³-hybridized carbons (Fsp3) is 0.300. The van der Waals surface area contributed by atoms with Crippen molar-refractivity contribution in [2.75, 3.05) is 13.2 Å². The molecule has 1 saturated heterocycles. The van der Waals surface area contributed by atoms with Crippen LogP contribution in [0.1, 0.15) is 34.8 Å². The van der Waals surface area contributed by atoms with Crippen molar-refractivity contribution in [3.05, 3.63) is 59.7 Å². The van der Waals surface area contributed by atoms with Gasteiger partial charge in [-0.3, -0.25) is 4.79 Å². The first-order valence-corrected chi connectivity index (χ1v) is 8.45. The summed E-state index contributed by atoms with van der Waals surface area (Å²) in [6, 6.07) is 16.4. The molecular weight excluding hydrogens is 316 g/mol. The first kappa shape index (κ1) is 15.7. The van der Waals surface area contributed by atoms with Crippen LogP contribution in [0.3, 0.4) is 0 Å². The first-order chi connectivity index (χ1) is 12.3. The van der Waals surface area contributed by atoms with Crippen molar-refractivity contribution in [3.8, 4) is 17.6 Å². The smallest absolute Gasteiger partial charge is 0.255 e. The number of carbonyl (C=O) groups excluding carboxylic acids is 1. The minimum Gasteiger partial charge on any atom is -0.457 e. The van der Waals surface area contributed by atoms with Crippen LogP contribution in [0.25, 0.3) is 0 Å². The quantitative estimate of drug-likeness (QED) is 0.856. The van der Waals surface area contributed by atoms with Gasteiger partial charge in [-0.15, -0.1) is 0 Å². The predicted octanol–water partition coefficient (Wildman–Crippen LogP) is 3.68. The predicted molar refractivity (Wildman–Crippen MR) is 91.3 cm³/mol. The Labute approximate surface area is 146 Å². The van der Waals surface area contributed by atoms with Gasteiger partial charge in [-0.2, -0.15) is 5.26 Å². The number of carbonyl (C=O) groups is 1. The minimum atomic E-state index is -0.592. The van der Waals surface area contributed by atoms with Gasteiger partial charge >= 0.3 is 0 Å². The summed E-state index contributed by atoms with van der Waals surface area (Å²) in [6.07, 6.45) is 1.96. The highest BCUT2D eigenvalue weighted by Gasteiger charge is 2.38. The van der Waals surface area contributed by atoms with E-state index in [0.29, 0.717) is 23.4 Å². The zero-order chi connectivity index (χ0) is 17.2. The lowest BCUT2D eigenvalue weighted by atomic mass is 10.1. The van der Waals surface area contributed by atoms with Crippen molar-refractivity contribution >= 4 is 5.91 Å². The molecular formula is C20H18N2O3. The number of fused-ring (bicyclic) bond motifs is 1. The number of amides is 1. The highest BCUT2D eigenvalue weighted by Crippen LogP contribution is 2.37. The van der Waals surface area contributed by atoms with Crippen LogP contribution in [0.5, 0.6) is 11.5 Å². The summed E-state index contributed by atoms with van der Waals surface area (Å²) >= 11 is 0. The van der Waals surface area contributed by atoms with E-state index in [1.54, 1.807) is 23.1 Å². The van der Waals surface area contributed by atoms with Gasteiger partial charge in [0.05, 0.1) is 12.2 Å². The maximum absolute atomic E-state index is 12.7. The van der Waals surface area contributed by atoms with Crippen LogP contribution in [-0.2, 0) is 4.74 Å². The van der Waals surface area contributed by atoms with Crippen molar-refractivity contribution in [1.29, 1.82) is 5.26 Å². The van der Waals surface area contributed by atoms with Crippen LogP contribution >= 0.6 is 0 Å². The van der Waals surface area contributed by atoms with Gasteiger partial charge in [0.1, 0.15) is 17.5 Å². The van der Waals surface area contributed by atoms with Gasteiger partial charge in [-0.1, -0.05) is 18.2 Å². The Bertz CT molecular complexity index is 823. The summed E-state index contributed by atoms with van der Waals surface area (Å²) < 4.78 is 11.5. The largest absolute Gasteiger partial charge is 0.457 e. The summed E-state index contributed by atoms with van der Waals surface area (Å²) in [5.41, 5.74) is 1.28. The van der Waals surface area contributed by atoms with E-state index in [9.17, 15) is 10.1 Å². The van der Waals surface area contributed by atoms with Gasteiger partial charge in [0.2, 0.25) is 0 Å². The van der Waals surface area contributed by atoms with E-state index < -0.39 is 6.04 Å². The molecule has 4 rings (SSSR count). The molecule has 2 aliphatic rings. The van der Waals surface area contributed by atoms with Crippen molar-refractivity contribution in [3.63, 3.8) is 0 Å². The van der Waals surface area contributed by atoms with Crippen LogP contribution in [0.2, 0.25) is 0 Å². The molecule has 5 nitrogen and oxygen atoms in total. The average molecular weight is 334 g/mol. The average Bonchev–Trinajstić information content (AvgIpc) is 3.23. The maximum Gasteiger partial charge on any atom is 0.255 e. The molecule has 2 unspecified atom stereocenters. The molecule has 126 valence electrons. The molecule has 0 bridgehead atoms.